The van der Waals surface area contributed by atoms with Crippen molar-refractivity contribution in [3.8, 4) is 23.0 Å². The number of benzene rings is 3. The highest BCUT2D eigenvalue weighted by atomic mass is 32.2. The van der Waals surface area contributed by atoms with Crippen LogP contribution in [0.1, 0.15) is 60.7 Å². The predicted octanol–water partition coefficient (Wildman–Crippen LogP) is 5.88. The van der Waals surface area contributed by atoms with Crippen LogP contribution in [0.25, 0.3) is 6.08 Å². The minimum atomic E-state index is -4.24. The molecule has 0 atom stereocenters. The summed E-state index contributed by atoms with van der Waals surface area (Å²) in [6, 6.07) is 14.1. The summed E-state index contributed by atoms with van der Waals surface area (Å²) in [6.45, 7) is 7.41. The third-order valence-corrected chi connectivity index (χ3v) is 7.56. The summed E-state index contributed by atoms with van der Waals surface area (Å²) in [4.78, 5) is 13.4. The number of aliphatic hydroxyl groups is 1. The van der Waals surface area contributed by atoms with E-state index in [-0.39, 0.29) is 22.8 Å². The number of unbranched alkanes of at least 4 members (excludes halogenated alkanes) is 1. The second kappa shape index (κ2) is 12.1. The van der Waals surface area contributed by atoms with E-state index in [1.807, 2.05) is 39.8 Å². The fourth-order valence-electron chi connectivity index (χ4n) is 4.08. The maximum Gasteiger partial charge on any atom is 0.339 e. The van der Waals surface area contributed by atoms with Crippen molar-refractivity contribution in [1.82, 2.24) is 0 Å². The highest BCUT2D eigenvalue weighted by molar-refractivity contribution is 7.87. The second-order valence-electron chi connectivity index (χ2n) is 10.1. The Morgan fingerprint density at radius 2 is 1.77 bits per heavy atom. The minimum absolute atomic E-state index is 0.0156. The third kappa shape index (κ3) is 6.84. The van der Waals surface area contributed by atoms with Gasteiger partial charge in [-0.2, -0.15) is 8.42 Å². The van der Waals surface area contributed by atoms with Crippen molar-refractivity contribution in [2.45, 2.75) is 57.6 Å². The van der Waals surface area contributed by atoms with Crippen molar-refractivity contribution >= 4 is 22.0 Å². The lowest BCUT2D eigenvalue weighted by Gasteiger charge is -2.29. The van der Waals surface area contributed by atoms with Crippen LogP contribution in [0, 0.1) is 6.92 Å². The first-order valence-electron chi connectivity index (χ1n) is 13.1. The van der Waals surface area contributed by atoms with E-state index in [4.69, 9.17) is 18.4 Å². The molecule has 0 fully saturated rings. The Morgan fingerprint density at radius 1 is 1.02 bits per heavy atom. The lowest BCUT2D eigenvalue weighted by molar-refractivity contribution is 0.0916. The molecule has 40 heavy (non-hydrogen) atoms. The Kier molecular flexibility index (Phi) is 8.85. The molecule has 0 aliphatic carbocycles. The fourth-order valence-corrected chi connectivity index (χ4v) is 5.02. The van der Waals surface area contributed by atoms with Gasteiger partial charge in [-0.3, -0.25) is 4.79 Å². The van der Waals surface area contributed by atoms with Crippen LogP contribution in [-0.2, 0) is 16.7 Å². The van der Waals surface area contributed by atoms with E-state index in [2.05, 4.69) is 0 Å². The van der Waals surface area contributed by atoms with Gasteiger partial charge in [-0.05, 0) is 75.7 Å². The van der Waals surface area contributed by atoms with E-state index < -0.39 is 28.1 Å². The maximum absolute atomic E-state index is 13.4. The number of ketones is 1. The summed E-state index contributed by atoms with van der Waals surface area (Å²) in [6.07, 6.45) is 5.44. The number of Topliss-reactive ketones (excluding diaryl/α,β-unsaturated/α-hetero) is 1. The lowest BCUT2D eigenvalue weighted by atomic mass is 9.99. The molecule has 0 amide bonds. The Bertz CT molecular complexity index is 1510. The molecule has 1 N–H and O–H groups in total. The zero-order chi connectivity index (χ0) is 28.9. The molecule has 0 bridgehead atoms. The second-order valence-corrected chi connectivity index (χ2v) is 11.6. The molecular weight excluding hydrogens is 532 g/mol. The average molecular weight is 567 g/mol. The smallest absolute Gasteiger partial charge is 0.339 e. The van der Waals surface area contributed by atoms with Crippen LogP contribution in [0.4, 0.5) is 0 Å². The van der Waals surface area contributed by atoms with Gasteiger partial charge in [0.2, 0.25) is 5.78 Å². The molecule has 4 rings (SSSR count). The molecule has 0 spiro atoms. The number of hydrogen-bond donors (Lipinski definition) is 1. The molecule has 0 saturated heterocycles. The van der Waals surface area contributed by atoms with E-state index in [1.165, 1.54) is 24.3 Å². The largest absolute Gasteiger partial charge is 0.493 e. The molecule has 1 heterocycles. The maximum atomic E-state index is 13.4. The molecule has 8 nitrogen and oxygen atoms in total. The van der Waals surface area contributed by atoms with Crippen LogP contribution in [0.5, 0.6) is 23.0 Å². The number of fused-ring (bicyclic) bond motifs is 1. The van der Waals surface area contributed by atoms with Gasteiger partial charge in [-0.1, -0.05) is 31.0 Å². The first-order valence-corrected chi connectivity index (χ1v) is 14.5. The van der Waals surface area contributed by atoms with E-state index >= 15 is 0 Å². The number of ether oxygens (including phenoxy) is 3. The van der Waals surface area contributed by atoms with Gasteiger partial charge in [-0.25, -0.2) is 0 Å². The van der Waals surface area contributed by atoms with Crippen molar-refractivity contribution < 1.29 is 36.7 Å². The SMILES string of the molecule is CCCCOc1ccc(C(=O)COc2c(CO)ccc3c2C=CC(C)(C)O3)c(OS(=O)(=O)c2ccc(C)cc2)c1. The van der Waals surface area contributed by atoms with Gasteiger partial charge in [0.05, 0.1) is 24.3 Å². The number of aliphatic hydroxyl groups excluding tert-OH is 1. The first-order chi connectivity index (χ1) is 19.0. The molecule has 0 aromatic heterocycles. The number of carbonyl (C=O) groups excluding carboxylic acids is 1. The first kappa shape index (κ1) is 29.2. The van der Waals surface area contributed by atoms with E-state index in [9.17, 15) is 18.3 Å². The molecule has 1 aliphatic heterocycles. The summed E-state index contributed by atoms with van der Waals surface area (Å²) < 4.78 is 49.3. The molecule has 0 unspecified atom stereocenters. The van der Waals surface area contributed by atoms with Crippen LogP contribution < -0.4 is 18.4 Å². The van der Waals surface area contributed by atoms with Crippen LogP contribution in [0.3, 0.4) is 0 Å². The van der Waals surface area contributed by atoms with Gasteiger partial charge in [0.15, 0.2) is 12.4 Å². The van der Waals surface area contributed by atoms with Gasteiger partial charge in [-0.15, -0.1) is 0 Å². The number of aryl methyl sites for hydroxylation is 1. The normalized spacial score (nSPS) is 13.7. The van der Waals surface area contributed by atoms with Crippen molar-refractivity contribution in [3.05, 3.63) is 82.9 Å². The van der Waals surface area contributed by atoms with Crippen molar-refractivity contribution in [3.63, 3.8) is 0 Å². The molecule has 0 radical (unpaired) electrons. The van der Waals surface area contributed by atoms with Gasteiger partial charge in [0.25, 0.3) is 0 Å². The molecule has 0 saturated carbocycles. The highest BCUT2D eigenvalue weighted by Crippen LogP contribution is 2.39. The van der Waals surface area contributed by atoms with E-state index in [1.54, 1.807) is 30.3 Å². The highest BCUT2D eigenvalue weighted by Gasteiger charge is 2.27. The molecule has 3 aromatic rings. The lowest BCUT2D eigenvalue weighted by Crippen LogP contribution is -2.27. The van der Waals surface area contributed by atoms with Gasteiger partial charge in [0, 0.05) is 11.6 Å². The number of carbonyl (C=O) groups is 1. The topological polar surface area (TPSA) is 108 Å². The molecule has 9 heteroatoms. The zero-order valence-corrected chi connectivity index (χ0v) is 23.9. The van der Waals surface area contributed by atoms with Crippen molar-refractivity contribution in [1.29, 1.82) is 0 Å². The molecular formula is C31H34O8S. The Morgan fingerprint density at radius 3 is 2.48 bits per heavy atom. The third-order valence-electron chi connectivity index (χ3n) is 6.31. The van der Waals surface area contributed by atoms with Crippen LogP contribution in [0.15, 0.2) is 65.6 Å². The van der Waals surface area contributed by atoms with Gasteiger partial charge < -0.3 is 23.5 Å². The summed E-state index contributed by atoms with van der Waals surface area (Å²) in [5.74, 6) is 0.579. The zero-order valence-electron chi connectivity index (χ0n) is 23.1. The average Bonchev–Trinajstić information content (AvgIpc) is 2.91. The predicted molar refractivity (Wildman–Crippen MR) is 152 cm³/mol. The Balaban J connectivity index is 1.63. The summed E-state index contributed by atoms with van der Waals surface area (Å²) in [5, 5.41) is 9.89. The van der Waals surface area contributed by atoms with E-state index in [0.717, 1.165) is 18.4 Å². The quantitative estimate of drug-likeness (QED) is 0.165. The van der Waals surface area contributed by atoms with E-state index in [0.29, 0.717) is 35.0 Å². The van der Waals surface area contributed by atoms with Gasteiger partial charge >= 0.3 is 10.1 Å². The minimum Gasteiger partial charge on any atom is -0.493 e. The van der Waals surface area contributed by atoms with Crippen molar-refractivity contribution in [2.75, 3.05) is 13.2 Å². The molecule has 1 aliphatic rings. The number of hydrogen-bond acceptors (Lipinski definition) is 8. The molecule has 212 valence electrons. The van der Waals surface area contributed by atoms with Gasteiger partial charge in [0.1, 0.15) is 27.7 Å². The van der Waals surface area contributed by atoms with Crippen LogP contribution in [-0.4, -0.2) is 38.1 Å². The standard InChI is InChI=1S/C31H34O8S/c1-5-6-17-36-23-10-13-25(29(18-23)39-40(34,35)24-11-7-21(2)8-12-24)27(33)20-37-30-22(19-32)9-14-28-26(30)15-16-31(3,4)38-28/h7-16,18,32H,5-6,17,19-20H2,1-4H3. The summed E-state index contributed by atoms with van der Waals surface area (Å²) in [5.41, 5.74) is 1.49. The summed E-state index contributed by atoms with van der Waals surface area (Å²) >= 11 is 0. The monoisotopic (exact) mass is 566 g/mol. The Hall–Kier alpha value is -3.82. The summed E-state index contributed by atoms with van der Waals surface area (Å²) in [7, 11) is -4.24. The number of rotatable bonds is 12. The van der Waals surface area contributed by atoms with Crippen LogP contribution >= 0.6 is 0 Å². The molecule has 3 aromatic carbocycles. The Labute approximate surface area is 235 Å². The van der Waals surface area contributed by atoms with Crippen LogP contribution in [0.2, 0.25) is 0 Å². The fraction of sp³-hybridized carbons (Fsp3) is 0.323. The van der Waals surface area contributed by atoms with Crippen molar-refractivity contribution in [2.24, 2.45) is 0 Å².